The van der Waals surface area contributed by atoms with Crippen molar-refractivity contribution in [2.24, 2.45) is 0 Å². The van der Waals surface area contributed by atoms with Gasteiger partial charge in [-0.05, 0) is 39.0 Å². The number of nitrogens with zero attached hydrogens (tertiary/aromatic N) is 2. The lowest BCUT2D eigenvalue weighted by molar-refractivity contribution is 0.102. The van der Waals surface area contributed by atoms with Gasteiger partial charge in [-0.25, -0.2) is 0 Å². The average molecular weight is 276 g/mol. The Kier molecular flexibility index (Phi) is 3.81. The van der Waals surface area contributed by atoms with Gasteiger partial charge in [0.2, 0.25) is 0 Å². The summed E-state index contributed by atoms with van der Waals surface area (Å²) in [5.41, 5.74) is 3.48. The molecular formula is C14H14ClN3O. The number of amides is 1. The first-order chi connectivity index (χ1) is 8.97. The molecule has 98 valence electrons. The number of nitrogens with one attached hydrogen (secondary N) is 1. The van der Waals surface area contributed by atoms with Crippen LogP contribution in [0.1, 0.15) is 27.4 Å². The molecule has 2 heterocycles. The molecule has 0 atom stereocenters. The molecule has 5 heteroatoms. The topological polar surface area (TPSA) is 54.9 Å². The summed E-state index contributed by atoms with van der Waals surface area (Å²) in [6.07, 6.45) is 1.48. The lowest BCUT2D eigenvalue weighted by Gasteiger charge is -2.09. The fourth-order valence-corrected chi connectivity index (χ4v) is 1.99. The number of halogens is 1. The number of aromatic nitrogens is 2. The fourth-order valence-electron chi connectivity index (χ4n) is 1.70. The zero-order valence-corrected chi connectivity index (χ0v) is 11.7. The lowest BCUT2D eigenvalue weighted by Crippen LogP contribution is -2.14. The monoisotopic (exact) mass is 275 g/mol. The first-order valence-corrected chi connectivity index (χ1v) is 6.23. The van der Waals surface area contributed by atoms with Crippen molar-refractivity contribution < 1.29 is 4.79 Å². The standard InChI is InChI=1S/C14H14ClN3O/c1-8-4-5-13(10(3)17-8)18-14(19)11-7-16-9(2)6-12(11)15/h4-7H,1-3H3,(H,18,19). The van der Waals surface area contributed by atoms with Crippen LogP contribution in [-0.2, 0) is 0 Å². The highest BCUT2D eigenvalue weighted by molar-refractivity contribution is 6.34. The Labute approximate surface area is 116 Å². The van der Waals surface area contributed by atoms with Crippen LogP contribution in [0.15, 0.2) is 24.4 Å². The van der Waals surface area contributed by atoms with E-state index in [0.29, 0.717) is 16.3 Å². The normalized spacial score (nSPS) is 10.3. The van der Waals surface area contributed by atoms with E-state index in [1.165, 1.54) is 6.20 Å². The van der Waals surface area contributed by atoms with Crippen molar-refractivity contribution in [3.63, 3.8) is 0 Å². The summed E-state index contributed by atoms with van der Waals surface area (Å²) in [5.74, 6) is -0.286. The van der Waals surface area contributed by atoms with Gasteiger partial charge in [0.1, 0.15) is 0 Å². The molecule has 0 aliphatic heterocycles. The summed E-state index contributed by atoms with van der Waals surface area (Å²) in [4.78, 5) is 20.5. The number of rotatable bonds is 2. The zero-order valence-electron chi connectivity index (χ0n) is 11.0. The number of hydrogen-bond acceptors (Lipinski definition) is 3. The highest BCUT2D eigenvalue weighted by atomic mass is 35.5. The Hall–Kier alpha value is -1.94. The molecule has 4 nitrogen and oxygen atoms in total. The predicted molar refractivity (Wildman–Crippen MR) is 75.6 cm³/mol. The van der Waals surface area contributed by atoms with Crippen LogP contribution in [0.2, 0.25) is 5.02 Å². The van der Waals surface area contributed by atoms with Crippen molar-refractivity contribution in [3.8, 4) is 0 Å². The predicted octanol–water partition coefficient (Wildman–Crippen LogP) is 3.31. The molecular weight excluding hydrogens is 262 g/mol. The average Bonchev–Trinajstić information content (AvgIpc) is 2.32. The maximum Gasteiger partial charge on any atom is 0.258 e. The first kappa shape index (κ1) is 13.5. The van der Waals surface area contributed by atoms with Gasteiger partial charge in [0.15, 0.2) is 0 Å². The summed E-state index contributed by atoms with van der Waals surface area (Å²) < 4.78 is 0. The van der Waals surface area contributed by atoms with Crippen LogP contribution in [0.3, 0.4) is 0 Å². The summed E-state index contributed by atoms with van der Waals surface area (Å²) in [6, 6.07) is 5.33. The molecule has 1 amide bonds. The van der Waals surface area contributed by atoms with Crippen LogP contribution in [-0.4, -0.2) is 15.9 Å². The van der Waals surface area contributed by atoms with Gasteiger partial charge in [-0.3, -0.25) is 14.8 Å². The Balaban J connectivity index is 2.25. The molecule has 0 fully saturated rings. The van der Waals surface area contributed by atoms with Gasteiger partial charge in [-0.15, -0.1) is 0 Å². The number of anilines is 1. The third-order valence-electron chi connectivity index (χ3n) is 2.71. The Morgan fingerprint density at radius 1 is 1.21 bits per heavy atom. The van der Waals surface area contributed by atoms with Crippen molar-refractivity contribution >= 4 is 23.2 Å². The van der Waals surface area contributed by atoms with Gasteiger partial charge in [0.25, 0.3) is 5.91 Å². The number of hydrogen-bond donors (Lipinski definition) is 1. The molecule has 0 radical (unpaired) electrons. The van der Waals surface area contributed by atoms with Crippen LogP contribution >= 0.6 is 11.6 Å². The van der Waals surface area contributed by atoms with Crippen molar-refractivity contribution in [3.05, 3.63) is 52.1 Å². The van der Waals surface area contributed by atoms with Crippen LogP contribution in [0, 0.1) is 20.8 Å². The molecule has 19 heavy (non-hydrogen) atoms. The van der Waals surface area contributed by atoms with E-state index >= 15 is 0 Å². The molecule has 2 aromatic heterocycles. The van der Waals surface area contributed by atoms with Gasteiger partial charge >= 0.3 is 0 Å². The van der Waals surface area contributed by atoms with Gasteiger partial charge in [0, 0.05) is 17.6 Å². The quantitative estimate of drug-likeness (QED) is 0.915. The van der Waals surface area contributed by atoms with E-state index in [0.717, 1.165) is 17.1 Å². The van der Waals surface area contributed by atoms with Crippen molar-refractivity contribution in [1.82, 2.24) is 9.97 Å². The minimum Gasteiger partial charge on any atom is -0.320 e. The highest BCUT2D eigenvalue weighted by Crippen LogP contribution is 2.19. The van der Waals surface area contributed by atoms with Crippen molar-refractivity contribution in [2.75, 3.05) is 5.32 Å². The van der Waals surface area contributed by atoms with Crippen LogP contribution in [0.25, 0.3) is 0 Å². The van der Waals surface area contributed by atoms with Gasteiger partial charge in [-0.2, -0.15) is 0 Å². The lowest BCUT2D eigenvalue weighted by atomic mass is 10.2. The second kappa shape index (κ2) is 5.36. The number of carbonyl (C=O) groups is 1. The second-order valence-electron chi connectivity index (χ2n) is 4.35. The summed E-state index contributed by atoms with van der Waals surface area (Å²) in [5, 5.41) is 3.18. The number of carbonyl (C=O) groups excluding carboxylic acids is 1. The van der Waals surface area contributed by atoms with Crippen LogP contribution < -0.4 is 5.32 Å². The molecule has 1 N–H and O–H groups in total. The molecule has 0 bridgehead atoms. The van der Waals surface area contributed by atoms with E-state index in [4.69, 9.17) is 11.6 Å². The molecule has 0 saturated carbocycles. The maximum atomic E-state index is 12.1. The second-order valence-corrected chi connectivity index (χ2v) is 4.75. The van der Waals surface area contributed by atoms with E-state index in [2.05, 4.69) is 15.3 Å². The molecule has 0 aromatic carbocycles. The largest absolute Gasteiger partial charge is 0.320 e. The fraction of sp³-hybridized carbons (Fsp3) is 0.214. The Morgan fingerprint density at radius 3 is 2.58 bits per heavy atom. The number of aryl methyl sites for hydroxylation is 3. The zero-order chi connectivity index (χ0) is 14.0. The van der Waals surface area contributed by atoms with Crippen LogP contribution in [0.4, 0.5) is 5.69 Å². The summed E-state index contributed by atoms with van der Waals surface area (Å²) >= 11 is 6.04. The minimum absolute atomic E-state index is 0.286. The third kappa shape index (κ3) is 3.09. The van der Waals surface area contributed by atoms with Gasteiger partial charge in [-0.1, -0.05) is 11.6 Å². The van der Waals surface area contributed by atoms with Crippen molar-refractivity contribution in [2.45, 2.75) is 20.8 Å². The van der Waals surface area contributed by atoms with E-state index in [1.54, 1.807) is 6.07 Å². The van der Waals surface area contributed by atoms with E-state index in [-0.39, 0.29) is 5.91 Å². The molecule has 2 rings (SSSR count). The van der Waals surface area contributed by atoms with Gasteiger partial charge in [0.05, 0.1) is 22.0 Å². The molecule has 0 aliphatic rings. The Morgan fingerprint density at radius 2 is 1.95 bits per heavy atom. The highest BCUT2D eigenvalue weighted by Gasteiger charge is 2.12. The summed E-state index contributed by atoms with van der Waals surface area (Å²) in [7, 11) is 0. The molecule has 0 saturated heterocycles. The first-order valence-electron chi connectivity index (χ1n) is 5.85. The smallest absolute Gasteiger partial charge is 0.258 e. The maximum absolute atomic E-state index is 12.1. The van der Waals surface area contributed by atoms with E-state index in [1.807, 2.05) is 32.9 Å². The van der Waals surface area contributed by atoms with Crippen molar-refractivity contribution in [1.29, 1.82) is 0 Å². The van der Waals surface area contributed by atoms with Gasteiger partial charge < -0.3 is 5.32 Å². The third-order valence-corrected chi connectivity index (χ3v) is 3.02. The summed E-state index contributed by atoms with van der Waals surface area (Å²) in [6.45, 7) is 5.57. The number of pyridine rings is 2. The molecule has 0 aliphatic carbocycles. The molecule has 2 aromatic rings. The minimum atomic E-state index is -0.286. The van der Waals surface area contributed by atoms with E-state index < -0.39 is 0 Å². The van der Waals surface area contributed by atoms with Crippen LogP contribution in [0.5, 0.6) is 0 Å². The SMILES string of the molecule is Cc1cc(Cl)c(C(=O)Nc2ccc(C)nc2C)cn1. The molecule has 0 spiro atoms. The van der Waals surface area contributed by atoms with E-state index in [9.17, 15) is 4.79 Å². The molecule has 0 unspecified atom stereocenters. The Bertz CT molecular complexity index is 641.